The number of hydrogen-bond donors (Lipinski definition) is 1. The number of aliphatic hydroxyl groups excluding tert-OH is 1. The summed E-state index contributed by atoms with van der Waals surface area (Å²) < 4.78 is 35.7. The van der Waals surface area contributed by atoms with E-state index in [1.165, 1.54) is 12.1 Å². The van der Waals surface area contributed by atoms with Crippen LogP contribution in [0.4, 0.5) is 13.2 Å². The van der Waals surface area contributed by atoms with Gasteiger partial charge in [-0.05, 0) is 6.92 Å². The smallest absolute Gasteiger partial charge is 0.454 e. The van der Waals surface area contributed by atoms with Gasteiger partial charge < -0.3 is 5.11 Å². The molecule has 0 aliphatic carbocycles. The van der Waals surface area contributed by atoms with Gasteiger partial charge in [0.05, 0.1) is 0 Å². The van der Waals surface area contributed by atoms with Gasteiger partial charge in [0, 0.05) is 11.6 Å². The van der Waals surface area contributed by atoms with Crippen molar-refractivity contribution in [2.45, 2.75) is 13.1 Å². The molecule has 1 N–H and O–H groups in total. The SMILES string of the molecule is Cc1ccc(/C(O)=C/C(=O)C(F)(F)F)cc1. The van der Waals surface area contributed by atoms with E-state index in [0.29, 0.717) is 0 Å². The fourth-order valence-corrected chi connectivity index (χ4v) is 1.01. The van der Waals surface area contributed by atoms with E-state index in [1.807, 2.05) is 0 Å². The van der Waals surface area contributed by atoms with Crippen LogP contribution >= 0.6 is 0 Å². The van der Waals surface area contributed by atoms with E-state index in [2.05, 4.69) is 0 Å². The molecule has 0 spiro atoms. The van der Waals surface area contributed by atoms with Gasteiger partial charge in [0.15, 0.2) is 0 Å². The summed E-state index contributed by atoms with van der Waals surface area (Å²) in [7, 11) is 0. The van der Waals surface area contributed by atoms with Gasteiger partial charge in [-0.15, -0.1) is 0 Å². The van der Waals surface area contributed by atoms with Gasteiger partial charge in [-0.1, -0.05) is 29.8 Å². The minimum atomic E-state index is -4.96. The van der Waals surface area contributed by atoms with Crippen LogP contribution in [0.3, 0.4) is 0 Å². The van der Waals surface area contributed by atoms with Crippen molar-refractivity contribution in [1.82, 2.24) is 0 Å². The first-order chi connectivity index (χ1) is 7.30. The number of ketones is 1. The first kappa shape index (κ1) is 12.3. The van der Waals surface area contributed by atoms with Gasteiger partial charge in [-0.25, -0.2) is 0 Å². The zero-order valence-corrected chi connectivity index (χ0v) is 8.38. The average Bonchev–Trinajstić information content (AvgIpc) is 2.17. The topological polar surface area (TPSA) is 37.3 Å². The molecule has 1 aromatic rings. The molecule has 0 saturated carbocycles. The Labute approximate surface area is 90.0 Å². The Kier molecular flexibility index (Phi) is 3.37. The molecule has 0 radical (unpaired) electrons. The summed E-state index contributed by atoms with van der Waals surface area (Å²) in [6, 6.07) is 6.12. The van der Waals surface area contributed by atoms with Crippen LogP contribution < -0.4 is 0 Å². The van der Waals surface area contributed by atoms with Gasteiger partial charge >= 0.3 is 6.18 Å². The first-order valence-corrected chi connectivity index (χ1v) is 4.39. The van der Waals surface area contributed by atoms with Gasteiger partial charge in [0.25, 0.3) is 5.78 Å². The molecule has 0 fully saturated rings. The van der Waals surface area contributed by atoms with E-state index in [4.69, 9.17) is 0 Å². The number of aryl methyl sites for hydroxylation is 1. The summed E-state index contributed by atoms with van der Waals surface area (Å²) >= 11 is 0. The second kappa shape index (κ2) is 4.38. The third-order valence-electron chi connectivity index (χ3n) is 1.89. The molecule has 0 bridgehead atoms. The summed E-state index contributed by atoms with van der Waals surface area (Å²) in [6.45, 7) is 1.80. The predicted octanol–water partition coefficient (Wildman–Crippen LogP) is 3.03. The third-order valence-corrected chi connectivity index (χ3v) is 1.89. The van der Waals surface area contributed by atoms with E-state index < -0.39 is 17.7 Å². The van der Waals surface area contributed by atoms with Crippen molar-refractivity contribution in [3.05, 3.63) is 41.5 Å². The van der Waals surface area contributed by atoms with Gasteiger partial charge in [0.2, 0.25) is 0 Å². The Morgan fingerprint density at radius 1 is 1.25 bits per heavy atom. The minimum Gasteiger partial charge on any atom is -0.507 e. The van der Waals surface area contributed by atoms with Crippen molar-refractivity contribution in [3.8, 4) is 0 Å². The number of alkyl halides is 3. The summed E-state index contributed by atoms with van der Waals surface area (Å²) in [5.74, 6) is -2.77. The van der Waals surface area contributed by atoms with Crippen molar-refractivity contribution in [3.63, 3.8) is 0 Å². The largest absolute Gasteiger partial charge is 0.507 e. The van der Waals surface area contributed by atoms with Crippen LogP contribution in [0.1, 0.15) is 11.1 Å². The van der Waals surface area contributed by atoms with E-state index in [1.54, 1.807) is 19.1 Å². The molecule has 0 amide bonds. The number of allylic oxidation sites excluding steroid dienone is 1. The molecule has 0 heterocycles. The van der Waals surface area contributed by atoms with Crippen LogP contribution in [0, 0.1) is 6.92 Å². The molecule has 0 aliphatic rings. The highest BCUT2D eigenvalue weighted by Crippen LogP contribution is 2.19. The summed E-state index contributed by atoms with van der Waals surface area (Å²) in [6.07, 6.45) is -4.79. The molecule has 2 nitrogen and oxygen atoms in total. The number of aliphatic hydroxyl groups is 1. The van der Waals surface area contributed by atoms with E-state index >= 15 is 0 Å². The monoisotopic (exact) mass is 230 g/mol. The van der Waals surface area contributed by atoms with Crippen molar-refractivity contribution >= 4 is 11.5 Å². The Balaban J connectivity index is 2.94. The maximum absolute atomic E-state index is 11.9. The number of benzene rings is 1. The molecule has 86 valence electrons. The van der Waals surface area contributed by atoms with Crippen LogP contribution in [0.25, 0.3) is 5.76 Å². The molecule has 0 atom stereocenters. The molecular formula is C11H9F3O2. The minimum absolute atomic E-state index is 0.170. The lowest BCUT2D eigenvalue weighted by Crippen LogP contribution is -2.20. The Morgan fingerprint density at radius 2 is 1.75 bits per heavy atom. The van der Waals surface area contributed by atoms with E-state index in [0.717, 1.165) is 5.56 Å². The lowest BCUT2D eigenvalue weighted by molar-refractivity contribution is -0.165. The number of rotatable bonds is 2. The van der Waals surface area contributed by atoms with Crippen LogP contribution in [-0.4, -0.2) is 17.1 Å². The standard InChI is InChI=1S/C11H9F3O2/c1-7-2-4-8(5-3-7)9(15)6-10(16)11(12,13)14/h2-6,15H,1H3/b9-6-. The van der Waals surface area contributed by atoms with Crippen molar-refractivity contribution in [2.75, 3.05) is 0 Å². The number of halogens is 3. The zero-order chi connectivity index (χ0) is 12.3. The van der Waals surface area contributed by atoms with Crippen LogP contribution in [0.5, 0.6) is 0 Å². The van der Waals surface area contributed by atoms with Crippen LogP contribution in [0.2, 0.25) is 0 Å². The number of hydrogen-bond acceptors (Lipinski definition) is 2. The average molecular weight is 230 g/mol. The molecule has 1 aromatic carbocycles. The summed E-state index contributed by atoms with van der Waals surface area (Å²) in [5, 5.41) is 9.29. The third kappa shape index (κ3) is 3.12. The molecule has 5 heteroatoms. The highest BCUT2D eigenvalue weighted by molar-refractivity contribution is 5.99. The molecule has 0 aromatic heterocycles. The van der Waals surface area contributed by atoms with Gasteiger partial charge in [-0.3, -0.25) is 4.79 Å². The van der Waals surface area contributed by atoms with Gasteiger partial charge in [0.1, 0.15) is 5.76 Å². The summed E-state index contributed by atoms with van der Waals surface area (Å²) in [5.41, 5.74) is 1.07. The normalized spacial score (nSPS) is 12.6. The predicted molar refractivity (Wildman–Crippen MR) is 52.8 cm³/mol. The lowest BCUT2D eigenvalue weighted by Gasteiger charge is -2.03. The number of carbonyl (C=O) groups excluding carboxylic acids is 1. The van der Waals surface area contributed by atoms with Gasteiger partial charge in [-0.2, -0.15) is 13.2 Å². The molecule has 16 heavy (non-hydrogen) atoms. The number of carbonyl (C=O) groups is 1. The van der Waals surface area contributed by atoms with Crippen molar-refractivity contribution in [2.24, 2.45) is 0 Å². The van der Waals surface area contributed by atoms with Crippen molar-refractivity contribution < 1.29 is 23.1 Å². The van der Waals surface area contributed by atoms with E-state index in [9.17, 15) is 23.1 Å². The first-order valence-electron chi connectivity index (χ1n) is 4.39. The lowest BCUT2D eigenvalue weighted by atomic mass is 10.1. The second-order valence-corrected chi connectivity index (χ2v) is 3.26. The quantitative estimate of drug-likeness (QED) is 0.626. The Bertz CT molecular complexity index is 416. The maximum atomic E-state index is 11.9. The molecule has 0 unspecified atom stereocenters. The van der Waals surface area contributed by atoms with Crippen LogP contribution in [-0.2, 0) is 4.79 Å². The fourth-order valence-electron chi connectivity index (χ4n) is 1.01. The molecular weight excluding hydrogens is 221 g/mol. The Hall–Kier alpha value is -1.78. The maximum Gasteiger partial charge on any atom is 0.454 e. The summed E-state index contributed by atoms with van der Waals surface area (Å²) in [4.78, 5) is 10.6. The van der Waals surface area contributed by atoms with E-state index in [-0.39, 0.29) is 11.6 Å². The van der Waals surface area contributed by atoms with Crippen LogP contribution in [0.15, 0.2) is 30.3 Å². The molecule has 1 rings (SSSR count). The Morgan fingerprint density at radius 3 is 2.19 bits per heavy atom. The van der Waals surface area contributed by atoms with Crippen molar-refractivity contribution in [1.29, 1.82) is 0 Å². The fraction of sp³-hybridized carbons (Fsp3) is 0.182. The zero-order valence-electron chi connectivity index (χ0n) is 8.38. The highest BCUT2D eigenvalue weighted by atomic mass is 19.4. The highest BCUT2D eigenvalue weighted by Gasteiger charge is 2.36. The second-order valence-electron chi connectivity index (χ2n) is 3.26. The molecule has 0 aliphatic heterocycles. The molecule has 0 saturated heterocycles.